The highest BCUT2D eigenvalue weighted by Crippen LogP contribution is 2.31. The number of imidazole rings is 1. The van der Waals surface area contributed by atoms with Crippen LogP contribution in [0.25, 0.3) is 11.0 Å². The summed E-state index contributed by atoms with van der Waals surface area (Å²) >= 11 is 0. The zero-order valence-corrected chi connectivity index (χ0v) is 10.7. The number of rotatable bonds is 2. The highest BCUT2D eigenvalue weighted by molar-refractivity contribution is 6.04. The fourth-order valence-electron chi connectivity index (χ4n) is 2.93. The van der Waals surface area contributed by atoms with Crippen molar-refractivity contribution in [2.75, 3.05) is 0 Å². The van der Waals surface area contributed by atoms with Gasteiger partial charge in [-0.05, 0) is 25.0 Å². The minimum atomic E-state index is -0.436. The number of H-pyrrole nitrogens is 1. The van der Waals surface area contributed by atoms with Gasteiger partial charge in [-0.25, -0.2) is 4.98 Å². The molecule has 1 fully saturated rings. The summed E-state index contributed by atoms with van der Waals surface area (Å²) < 4.78 is 0. The lowest BCUT2D eigenvalue weighted by atomic mass is 9.84. The Hall–Kier alpha value is -1.88. The molecular weight excluding hydrogens is 240 g/mol. The molecule has 100 valence electrons. The van der Waals surface area contributed by atoms with Crippen molar-refractivity contribution < 1.29 is 4.79 Å². The molecule has 0 aliphatic heterocycles. The van der Waals surface area contributed by atoms with Gasteiger partial charge in [-0.15, -0.1) is 0 Å². The summed E-state index contributed by atoms with van der Waals surface area (Å²) in [7, 11) is 0. The van der Waals surface area contributed by atoms with Crippen LogP contribution in [0.3, 0.4) is 0 Å². The lowest BCUT2D eigenvalue weighted by Crippen LogP contribution is -2.31. The van der Waals surface area contributed by atoms with Crippen molar-refractivity contribution in [3.05, 3.63) is 29.6 Å². The van der Waals surface area contributed by atoms with Gasteiger partial charge in [0.15, 0.2) is 0 Å². The molecule has 3 rings (SSSR count). The summed E-state index contributed by atoms with van der Waals surface area (Å²) in [6, 6.07) is 5.54. The molecule has 19 heavy (non-hydrogen) atoms. The Labute approximate surface area is 111 Å². The molecule has 2 atom stereocenters. The Bertz CT molecular complexity index is 619. The van der Waals surface area contributed by atoms with Crippen molar-refractivity contribution in [3.63, 3.8) is 0 Å². The maximum atomic E-state index is 11.4. The number of hydrogen-bond acceptors (Lipinski definition) is 3. The highest BCUT2D eigenvalue weighted by atomic mass is 16.1. The summed E-state index contributed by atoms with van der Waals surface area (Å²) in [5, 5.41) is 0. The van der Waals surface area contributed by atoms with Gasteiger partial charge in [0, 0.05) is 12.0 Å². The minimum absolute atomic E-state index is 0.145. The Kier molecular flexibility index (Phi) is 2.98. The number of carbonyl (C=O) groups excluding carboxylic acids is 1. The summed E-state index contributed by atoms with van der Waals surface area (Å²) in [4.78, 5) is 19.3. The van der Waals surface area contributed by atoms with Crippen LogP contribution in [-0.4, -0.2) is 21.9 Å². The lowest BCUT2D eigenvalue weighted by Gasteiger charge is -2.26. The molecule has 0 spiro atoms. The first-order valence-electron chi connectivity index (χ1n) is 6.71. The molecule has 5 N–H and O–H groups in total. The number of nitrogens with zero attached hydrogens (tertiary/aromatic N) is 1. The second-order valence-electron chi connectivity index (χ2n) is 5.24. The number of hydrogen-bond donors (Lipinski definition) is 3. The molecule has 1 heterocycles. The number of nitrogens with two attached hydrogens (primary N) is 2. The molecule has 1 aromatic heterocycles. The van der Waals surface area contributed by atoms with Crippen molar-refractivity contribution in [1.29, 1.82) is 0 Å². The van der Waals surface area contributed by atoms with Crippen LogP contribution in [-0.2, 0) is 0 Å². The number of para-hydroxylation sites is 1. The molecule has 1 saturated carbocycles. The fraction of sp³-hybridized carbons (Fsp3) is 0.429. The molecule has 5 heteroatoms. The van der Waals surface area contributed by atoms with Crippen LogP contribution >= 0.6 is 0 Å². The molecule has 0 bridgehead atoms. The van der Waals surface area contributed by atoms with E-state index in [0.29, 0.717) is 5.56 Å². The molecule has 1 aliphatic rings. The zero-order chi connectivity index (χ0) is 13.4. The van der Waals surface area contributed by atoms with E-state index in [9.17, 15) is 4.79 Å². The van der Waals surface area contributed by atoms with Crippen molar-refractivity contribution >= 4 is 16.9 Å². The van der Waals surface area contributed by atoms with Gasteiger partial charge in [-0.3, -0.25) is 4.79 Å². The first-order chi connectivity index (χ1) is 9.16. The van der Waals surface area contributed by atoms with Gasteiger partial charge in [0.25, 0.3) is 5.91 Å². The Morgan fingerprint density at radius 3 is 2.84 bits per heavy atom. The van der Waals surface area contributed by atoms with E-state index in [1.165, 1.54) is 12.8 Å². The van der Waals surface area contributed by atoms with Crippen LogP contribution < -0.4 is 11.5 Å². The molecule has 1 amide bonds. The summed E-state index contributed by atoms with van der Waals surface area (Å²) in [6.45, 7) is 0. The molecule has 5 nitrogen and oxygen atoms in total. The van der Waals surface area contributed by atoms with Gasteiger partial charge >= 0.3 is 0 Å². The predicted molar refractivity (Wildman–Crippen MR) is 73.8 cm³/mol. The van der Waals surface area contributed by atoms with Gasteiger partial charge in [0.05, 0.1) is 16.6 Å². The summed E-state index contributed by atoms with van der Waals surface area (Å²) in [6.07, 6.45) is 4.44. The number of carbonyl (C=O) groups is 1. The van der Waals surface area contributed by atoms with E-state index < -0.39 is 5.91 Å². The number of benzene rings is 1. The Morgan fingerprint density at radius 1 is 1.32 bits per heavy atom. The van der Waals surface area contributed by atoms with E-state index in [1.807, 2.05) is 6.07 Å². The van der Waals surface area contributed by atoms with Crippen LogP contribution in [0.1, 0.15) is 47.8 Å². The Morgan fingerprint density at radius 2 is 2.11 bits per heavy atom. The van der Waals surface area contributed by atoms with E-state index in [0.717, 1.165) is 29.7 Å². The summed E-state index contributed by atoms with van der Waals surface area (Å²) in [5.41, 5.74) is 13.6. The average Bonchev–Trinajstić information content (AvgIpc) is 2.82. The maximum absolute atomic E-state index is 11.4. The van der Waals surface area contributed by atoms with Crippen LogP contribution in [0.4, 0.5) is 0 Å². The molecule has 1 aliphatic carbocycles. The van der Waals surface area contributed by atoms with Gasteiger partial charge in [0.1, 0.15) is 5.82 Å². The Balaban J connectivity index is 2.06. The molecule has 0 unspecified atom stereocenters. The standard InChI is InChI=1S/C14H18N4O/c15-10-6-2-1-4-8(10)14-17-11-7-3-5-9(13(16)19)12(11)18-14/h3,5,7-8,10H,1-2,4,6,15H2,(H2,16,19)(H,17,18)/t8-,10+/m1/s1. The maximum Gasteiger partial charge on any atom is 0.250 e. The van der Waals surface area contributed by atoms with E-state index in [1.54, 1.807) is 12.1 Å². The second kappa shape index (κ2) is 4.66. The number of amides is 1. The second-order valence-corrected chi connectivity index (χ2v) is 5.24. The van der Waals surface area contributed by atoms with Crippen molar-refractivity contribution in [2.24, 2.45) is 11.5 Å². The quantitative estimate of drug-likeness (QED) is 0.763. The lowest BCUT2D eigenvalue weighted by molar-refractivity contribution is 0.100. The van der Waals surface area contributed by atoms with Crippen molar-refractivity contribution in [3.8, 4) is 0 Å². The first-order valence-corrected chi connectivity index (χ1v) is 6.71. The number of primary amides is 1. The molecule has 0 saturated heterocycles. The van der Waals surface area contributed by atoms with Gasteiger partial charge < -0.3 is 16.5 Å². The topological polar surface area (TPSA) is 97.8 Å². The van der Waals surface area contributed by atoms with E-state index in [-0.39, 0.29) is 12.0 Å². The van der Waals surface area contributed by atoms with Gasteiger partial charge in [-0.2, -0.15) is 0 Å². The van der Waals surface area contributed by atoms with Crippen LogP contribution in [0.5, 0.6) is 0 Å². The van der Waals surface area contributed by atoms with E-state index in [2.05, 4.69) is 9.97 Å². The van der Waals surface area contributed by atoms with Crippen LogP contribution in [0.2, 0.25) is 0 Å². The number of aromatic amines is 1. The fourth-order valence-corrected chi connectivity index (χ4v) is 2.93. The minimum Gasteiger partial charge on any atom is -0.366 e. The monoisotopic (exact) mass is 258 g/mol. The number of fused-ring (bicyclic) bond motifs is 1. The third kappa shape index (κ3) is 2.10. The van der Waals surface area contributed by atoms with E-state index >= 15 is 0 Å². The molecule has 2 aromatic rings. The van der Waals surface area contributed by atoms with Gasteiger partial charge in [0.2, 0.25) is 0 Å². The van der Waals surface area contributed by atoms with Crippen molar-refractivity contribution in [2.45, 2.75) is 37.6 Å². The average molecular weight is 258 g/mol. The third-order valence-corrected chi connectivity index (χ3v) is 3.97. The zero-order valence-electron chi connectivity index (χ0n) is 10.7. The van der Waals surface area contributed by atoms with E-state index in [4.69, 9.17) is 11.5 Å². The molecule has 0 radical (unpaired) electrons. The number of nitrogens with one attached hydrogen (secondary N) is 1. The largest absolute Gasteiger partial charge is 0.366 e. The summed E-state index contributed by atoms with van der Waals surface area (Å²) in [5.74, 6) is 0.700. The predicted octanol–water partition coefficient (Wildman–Crippen LogP) is 1.65. The highest BCUT2D eigenvalue weighted by Gasteiger charge is 2.26. The molecular formula is C14H18N4O. The SMILES string of the molecule is NC(=O)c1cccc2nc([C@@H]3CCCC[C@@H]3N)[nH]c12. The van der Waals surface area contributed by atoms with Crippen LogP contribution in [0.15, 0.2) is 18.2 Å². The third-order valence-electron chi connectivity index (χ3n) is 3.97. The van der Waals surface area contributed by atoms with Crippen molar-refractivity contribution in [1.82, 2.24) is 9.97 Å². The van der Waals surface area contributed by atoms with Gasteiger partial charge in [-0.1, -0.05) is 18.9 Å². The normalized spacial score (nSPS) is 23.6. The van der Waals surface area contributed by atoms with Crippen LogP contribution in [0, 0.1) is 0 Å². The molecule has 1 aromatic carbocycles. The first kappa shape index (κ1) is 12.2. The smallest absolute Gasteiger partial charge is 0.250 e. The number of aromatic nitrogens is 2.